The lowest BCUT2D eigenvalue weighted by atomic mass is 10.1. The first kappa shape index (κ1) is 17.8. The number of aryl methyl sites for hydroxylation is 1. The average Bonchev–Trinajstić information content (AvgIpc) is 2.46. The third-order valence-electron chi connectivity index (χ3n) is 3.12. The van der Waals surface area contributed by atoms with Crippen molar-refractivity contribution in [1.29, 1.82) is 0 Å². The van der Waals surface area contributed by atoms with Gasteiger partial charge in [0.05, 0.1) is 10.9 Å². The average molecular weight is 314 g/mol. The summed E-state index contributed by atoms with van der Waals surface area (Å²) in [5.41, 5.74) is 6.33. The van der Waals surface area contributed by atoms with E-state index in [-0.39, 0.29) is 4.90 Å². The second-order valence-corrected chi connectivity index (χ2v) is 6.61. The van der Waals surface area contributed by atoms with Crippen LogP contribution in [0.1, 0.15) is 24.8 Å². The summed E-state index contributed by atoms with van der Waals surface area (Å²) in [7, 11) is -3.78. The number of unbranched alkanes of at least 4 members (excludes halogenated alkanes) is 1. The molecule has 1 aromatic rings. The van der Waals surface area contributed by atoms with Crippen molar-refractivity contribution in [3.8, 4) is 0 Å². The lowest BCUT2D eigenvalue weighted by Crippen LogP contribution is -2.42. The van der Waals surface area contributed by atoms with E-state index < -0.39 is 28.5 Å². The van der Waals surface area contributed by atoms with E-state index in [1.165, 1.54) is 12.1 Å². The first-order valence-corrected chi connectivity index (χ1v) is 8.31. The molecule has 0 aromatic heterocycles. The Morgan fingerprint density at radius 3 is 2.43 bits per heavy atom. The van der Waals surface area contributed by atoms with Crippen LogP contribution in [0.25, 0.3) is 0 Å². The Kier molecular flexibility index (Phi) is 6.97. The molecule has 0 aliphatic carbocycles. The summed E-state index contributed by atoms with van der Waals surface area (Å²) in [5.74, 6) is -0.539. The number of ketones is 1. The van der Waals surface area contributed by atoms with E-state index in [0.717, 1.165) is 5.56 Å². The molecule has 0 heterocycles. The molecule has 0 radical (unpaired) electrons. The number of aliphatic hydroxyl groups excluding tert-OH is 1. The fraction of sp³-hybridized carbons (Fsp3) is 0.500. The van der Waals surface area contributed by atoms with Crippen LogP contribution in [0.5, 0.6) is 0 Å². The number of benzene rings is 1. The van der Waals surface area contributed by atoms with Gasteiger partial charge in [0, 0.05) is 0 Å². The molecular formula is C14H22N2O4S. The van der Waals surface area contributed by atoms with Gasteiger partial charge in [0.15, 0.2) is 5.78 Å². The highest BCUT2D eigenvalue weighted by Crippen LogP contribution is 2.12. The molecule has 118 valence electrons. The number of nitrogens with two attached hydrogens (primary N) is 1. The molecular weight excluding hydrogens is 292 g/mol. The molecule has 0 aliphatic heterocycles. The zero-order chi connectivity index (χ0) is 15.9. The highest BCUT2D eigenvalue weighted by atomic mass is 32.2. The first-order valence-electron chi connectivity index (χ1n) is 6.83. The lowest BCUT2D eigenvalue weighted by molar-refractivity contribution is -0.123. The van der Waals surface area contributed by atoms with Crippen molar-refractivity contribution in [2.75, 3.05) is 13.2 Å². The van der Waals surface area contributed by atoms with E-state index in [9.17, 15) is 13.2 Å². The largest absolute Gasteiger partial charge is 0.389 e. The van der Waals surface area contributed by atoms with Gasteiger partial charge in [0.25, 0.3) is 0 Å². The minimum Gasteiger partial charge on any atom is -0.389 e. The zero-order valence-electron chi connectivity index (χ0n) is 12.1. The van der Waals surface area contributed by atoms with Gasteiger partial charge in [-0.2, -0.15) is 0 Å². The Morgan fingerprint density at radius 2 is 1.90 bits per heavy atom. The number of sulfonamides is 1. The van der Waals surface area contributed by atoms with Crippen LogP contribution in [0.4, 0.5) is 0 Å². The summed E-state index contributed by atoms with van der Waals surface area (Å²) >= 11 is 0. The first-order chi connectivity index (χ1) is 9.90. The van der Waals surface area contributed by atoms with Crippen molar-refractivity contribution in [1.82, 2.24) is 4.72 Å². The number of aliphatic hydroxyl groups is 1. The number of carbonyl (C=O) groups is 1. The summed E-state index contributed by atoms with van der Waals surface area (Å²) in [6.45, 7) is 1.64. The van der Waals surface area contributed by atoms with Gasteiger partial charge in [-0.05, 0) is 38.4 Å². The van der Waals surface area contributed by atoms with Crippen molar-refractivity contribution in [2.45, 2.75) is 37.1 Å². The molecule has 0 fully saturated rings. The van der Waals surface area contributed by atoms with Gasteiger partial charge in [-0.3, -0.25) is 4.79 Å². The van der Waals surface area contributed by atoms with Crippen LogP contribution in [-0.2, 0) is 14.8 Å². The summed E-state index contributed by atoms with van der Waals surface area (Å²) in [6, 6.07) is 5.42. The predicted octanol–water partition coefficient (Wildman–Crippen LogP) is 0.332. The van der Waals surface area contributed by atoms with E-state index >= 15 is 0 Å². The topological polar surface area (TPSA) is 109 Å². The maximum absolute atomic E-state index is 12.2. The van der Waals surface area contributed by atoms with Crippen LogP contribution in [0.15, 0.2) is 29.2 Å². The molecule has 7 heteroatoms. The van der Waals surface area contributed by atoms with Crippen molar-refractivity contribution in [3.05, 3.63) is 29.8 Å². The van der Waals surface area contributed by atoms with Gasteiger partial charge in [-0.25, -0.2) is 13.1 Å². The highest BCUT2D eigenvalue weighted by molar-refractivity contribution is 7.89. The van der Waals surface area contributed by atoms with Crippen LogP contribution < -0.4 is 10.5 Å². The Hall–Kier alpha value is -1.28. The maximum atomic E-state index is 12.2. The summed E-state index contributed by atoms with van der Waals surface area (Å²) < 4.78 is 26.8. The number of hydrogen-bond donors (Lipinski definition) is 3. The zero-order valence-corrected chi connectivity index (χ0v) is 12.9. The van der Waals surface area contributed by atoms with Gasteiger partial charge in [0.2, 0.25) is 10.0 Å². The molecule has 6 nitrogen and oxygen atoms in total. The van der Waals surface area contributed by atoms with Crippen molar-refractivity contribution in [3.63, 3.8) is 0 Å². The van der Waals surface area contributed by atoms with Gasteiger partial charge >= 0.3 is 0 Å². The fourth-order valence-electron chi connectivity index (χ4n) is 1.86. The Balaban J connectivity index is 2.85. The third-order valence-corrected chi connectivity index (χ3v) is 4.61. The second-order valence-electron chi connectivity index (χ2n) is 4.90. The summed E-state index contributed by atoms with van der Waals surface area (Å²) in [6.07, 6.45) is 1.63. The highest BCUT2D eigenvalue weighted by Gasteiger charge is 2.24. The molecule has 0 saturated carbocycles. The maximum Gasteiger partial charge on any atom is 0.241 e. The van der Waals surface area contributed by atoms with Crippen molar-refractivity contribution >= 4 is 15.8 Å². The Morgan fingerprint density at radius 1 is 1.29 bits per heavy atom. The van der Waals surface area contributed by atoms with Gasteiger partial charge < -0.3 is 10.8 Å². The van der Waals surface area contributed by atoms with Gasteiger partial charge in [-0.1, -0.05) is 24.1 Å². The van der Waals surface area contributed by atoms with E-state index in [2.05, 4.69) is 4.72 Å². The smallest absolute Gasteiger partial charge is 0.241 e. The molecule has 0 amide bonds. The minimum atomic E-state index is -3.78. The van der Waals surface area contributed by atoms with E-state index in [1.807, 2.05) is 6.92 Å². The van der Waals surface area contributed by atoms with Crippen LogP contribution in [0, 0.1) is 6.92 Å². The molecule has 1 rings (SSSR count). The number of nitrogens with one attached hydrogen (secondary N) is 1. The quantitative estimate of drug-likeness (QED) is 0.569. The number of rotatable bonds is 9. The van der Waals surface area contributed by atoms with Crippen LogP contribution in [0.2, 0.25) is 0 Å². The molecule has 0 spiro atoms. The summed E-state index contributed by atoms with van der Waals surface area (Å²) in [4.78, 5) is 11.8. The van der Waals surface area contributed by atoms with Crippen LogP contribution in [-0.4, -0.2) is 38.5 Å². The van der Waals surface area contributed by atoms with Crippen LogP contribution >= 0.6 is 0 Å². The third kappa shape index (κ3) is 5.55. The molecule has 0 unspecified atom stereocenters. The van der Waals surface area contributed by atoms with Gasteiger partial charge in [0.1, 0.15) is 6.61 Å². The fourth-order valence-corrected chi connectivity index (χ4v) is 3.12. The molecule has 0 saturated heterocycles. The lowest BCUT2D eigenvalue weighted by Gasteiger charge is -2.16. The normalized spacial score (nSPS) is 13.1. The molecule has 0 aliphatic rings. The van der Waals surface area contributed by atoms with Gasteiger partial charge in [-0.15, -0.1) is 0 Å². The molecule has 0 bridgehead atoms. The van der Waals surface area contributed by atoms with E-state index in [0.29, 0.717) is 25.8 Å². The molecule has 1 aromatic carbocycles. The Labute approximate surface area is 125 Å². The van der Waals surface area contributed by atoms with Crippen LogP contribution in [0.3, 0.4) is 0 Å². The summed E-state index contributed by atoms with van der Waals surface area (Å²) in [5, 5.41) is 8.96. The second kappa shape index (κ2) is 8.23. The minimum absolute atomic E-state index is 0.0997. The molecule has 21 heavy (non-hydrogen) atoms. The van der Waals surface area contributed by atoms with E-state index in [1.54, 1.807) is 12.1 Å². The number of hydrogen-bond acceptors (Lipinski definition) is 5. The van der Waals surface area contributed by atoms with E-state index in [4.69, 9.17) is 10.8 Å². The number of carbonyl (C=O) groups excluding carboxylic acids is 1. The number of Topliss-reactive ketones (excluding diaryl/α,β-unsaturated/α-hetero) is 1. The standard InChI is InChI=1S/C14H22N2O4S/c1-11-5-7-12(8-6-11)21(19,20)16-13(14(18)10-17)4-2-3-9-15/h5-8,13,16-17H,2-4,9-10,15H2,1H3/t13-/m0/s1. The SMILES string of the molecule is Cc1ccc(S(=O)(=O)N[C@@H](CCCCN)C(=O)CO)cc1. The predicted molar refractivity (Wildman–Crippen MR) is 80.3 cm³/mol. The molecule has 1 atom stereocenters. The Bertz CT molecular complexity index is 555. The molecule has 4 N–H and O–H groups in total. The monoisotopic (exact) mass is 314 g/mol. The van der Waals surface area contributed by atoms with Crippen molar-refractivity contribution < 1.29 is 18.3 Å². The van der Waals surface area contributed by atoms with Crippen molar-refractivity contribution in [2.24, 2.45) is 5.73 Å².